The molecule has 5 nitrogen and oxygen atoms in total. The van der Waals surface area contributed by atoms with Crippen molar-refractivity contribution in [3.8, 4) is 0 Å². The Morgan fingerprint density at radius 3 is 2.79 bits per heavy atom. The van der Waals surface area contributed by atoms with Crippen molar-refractivity contribution < 1.29 is 14.3 Å². The van der Waals surface area contributed by atoms with Gasteiger partial charge >= 0.3 is 0 Å². The van der Waals surface area contributed by atoms with Gasteiger partial charge in [-0.25, -0.2) is 9.37 Å². The Labute approximate surface area is 144 Å². The fraction of sp³-hybridized carbons (Fsp3) is 0.412. The number of para-hydroxylation sites is 1. The van der Waals surface area contributed by atoms with E-state index < -0.39 is 5.82 Å². The largest absolute Gasteiger partial charge is 0.395 e. The molecular formula is C17H20FN3O2S. The number of amides is 1. The number of carbonyl (C=O) groups excluding carboxylic acids is 1. The molecule has 2 aromatic rings. The molecule has 0 aliphatic heterocycles. The minimum absolute atomic E-state index is 0.113. The molecular weight excluding hydrogens is 329 g/mol. The van der Waals surface area contributed by atoms with E-state index in [9.17, 15) is 14.3 Å². The molecule has 1 aromatic carbocycles. The van der Waals surface area contributed by atoms with Crippen molar-refractivity contribution in [2.24, 2.45) is 0 Å². The molecule has 1 aliphatic rings. The summed E-state index contributed by atoms with van der Waals surface area (Å²) in [5.41, 5.74) is 1.04. The van der Waals surface area contributed by atoms with E-state index in [4.69, 9.17) is 0 Å². The van der Waals surface area contributed by atoms with E-state index in [2.05, 4.69) is 9.88 Å². The number of carbonyl (C=O) groups is 1. The van der Waals surface area contributed by atoms with Gasteiger partial charge in [0, 0.05) is 31.4 Å². The molecule has 0 unspecified atom stereocenters. The van der Waals surface area contributed by atoms with Crippen molar-refractivity contribution in [3.63, 3.8) is 0 Å². The third kappa shape index (κ3) is 3.80. The molecule has 3 rings (SSSR count). The molecule has 0 saturated heterocycles. The summed E-state index contributed by atoms with van der Waals surface area (Å²) in [5.74, 6) is -0.736. The van der Waals surface area contributed by atoms with E-state index in [1.807, 2.05) is 5.38 Å². The normalized spacial score (nSPS) is 14.2. The van der Waals surface area contributed by atoms with Crippen molar-refractivity contribution in [1.29, 1.82) is 0 Å². The van der Waals surface area contributed by atoms with Gasteiger partial charge in [-0.2, -0.15) is 0 Å². The van der Waals surface area contributed by atoms with Gasteiger partial charge in [0.05, 0.1) is 18.0 Å². The number of benzene rings is 1. The SMILES string of the molecule is CC(=O)N(c1nc(CN(CCO)C2CC2)cs1)c1ccccc1F. The Morgan fingerprint density at radius 2 is 2.17 bits per heavy atom. The van der Waals surface area contributed by atoms with E-state index in [0.29, 0.717) is 24.3 Å². The molecule has 7 heteroatoms. The second-order valence-corrected chi connectivity index (χ2v) is 6.69. The quantitative estimate of drug-likeness (QED) is 0.835. The van der Waals surface area contributed by atoms with Crippen LogP contribution in [0.15, 0.2) is 29.6 Å². The number of thiazole rings is 1. The van der Waals surface area contributed by atoms with Crippen LogP contribution in [-0.4, -0.2) is 40.1 Å². The first-order chi connectivity index (χ1) is 11.6. The van der Waals surface area contributed by atoms with E-state index in [-0.39, 0.29) is 18.2 Å². The van der Waals surface area contributed by atoms with Gasteiger partial charge in [0.1, 0.15) is 5.82 Å². The van der Waals surface area contributed by atoms with E-state index >= 15 is 0 Å². The van der Waals surface area contributed by atoms with Crippen LogP contribution >= 0.6 is 11.3 Å². The number of aromatic nitrogens is 1. The monoisotopic (exact) mass is 349 g/mol. The summed E-state index contributed by atoms with van der Waals surface area (Å²) < 4.78 is 14.1. The van der Waals surface area contributed by atoms with Crippen LogP contribution in [-0.2, 0) is 11.3 Å². The van der Waals surface area contributed by atoms with Crippen LogP contribution in [0.2, 0.25) is 0 Å². The Balaban J connectivity index is 1.82. The molecule has 0 atom stereocenters. The summed E-state index contributed by atoms with van der Waals surface area (Å²) in [6, 6.07) is 6.69. The molecule has 1 heterocycles. The second kappa shape index (κ2) is 7.38. The number of aliphatic hydroxyl groups excluding tert-OH is 1. The lowest BCUT2D eigenvalue weighted by Crippen LogP contribution is -2.29. The summed E-state index contributed by atoms with van der Waals surface area (Å²) in [7, 11) is 0. The molecule has 1 aliphatic carbocycles. The van der Waals surface area contributed by atoms with Crippen LogP contribution in [0.3, 0.4) is 0 Å². The lowest BCUT2D eigenvalue weighted by atomic mass is 10.3. The number of halogens is 1. The minimum Gasteiger partial charge on any atom is -0.395 e. The summed E-state index contributed by atoms with van der Waals surface area (Å²) in [4.78, 5) is 20.0. The molecule has 0 bridgehead atoms. The summed E-state index contributed by atoms with van der Waals surface area (Å²) in [6.07, 6.45) is 2.29. The Hall–Kier alpha value is -1.83. The third-order valence-corrected chi connectivity index (χ3v) is 4.83. The van der Waals surface area contributed by atoms with Crippen LogP contribution in [0, 0.1) is 5.82 Å². The van der Waals surface area contributed by atoms with Crippen molar-refractivity contribution in [2.45, 2.75) is 32.4 Å². The average Bonchev–Trinajstić information content (AvgIpc) is 3.30. The Bertz CT molecular complexity index is 717. The molecule has 1 fully saturated rings. The Morgan fingerprint density at radius 1 is 1.42 bits per heavy atom. The minimum atomic E-state index is -0.454. The van der Waals surface area contributed by atoms with Gasteiger partial charge in [-0.15, -0.1) is 11.3 Å². The molecule has 1 aromatic heterocycles. The number of hydrogen-bond donors (Lipinski definition) is 1. The number of nitrogens with zero attached hydrogens (tertiary/aromatic N) is 3. The van der Waals surface area contributed by atoms with Gasteiger partial charge in [0.15, 0.2) is 5.13 Å². The van der Waals surface area contributed by atoms with Gasteiger partial charge in [-0.1, -0.05) is 12.1 Å². The highest BCUT2D eigenvalue weighted by atomic mass is 32.1. The lowest BCUT2D eigenvalue weighted by molar-refractivity contribution is -0.115. The van der Waals surface area contributed by atoms with Gasteiger partial charge in [0.2, 0.25) is 5.91 Å². The number of hydrogen-bond acceptors (Lipinski definition) is 5. The van der Waals surface area contributed by atoms with Gasteiger partial charge in [-0.3, -0.25) is 14.6 Å². The Kier molecular flexibility index (Phi) is 5.23. The number of aliphatic hydroxyl groups is 1. The molecule has 128 valence electrons. The first-order valence-corrected chi connectivity index (χ1v) is 8.82. The standard InChI is InChI=1S/C17H20FN3O2S/c1-12(23)21(16-5-3-2-4-15(16)18)17-19-13(11-24-17)10-20(8-9-22)14-6-7-14/h2-5,11,14,22H,6-10H2,1H3. The zero-order valence-corrected chi connectivity index (χ0v) is 14.3. The van der Waals surface area contributed by atoms with E-state index in [1.165, 1.54) is 29.2 Å². The first kappa shape index (κ1) is 17.0. The molecule has 0 radical (unpaired) electrons. The van der Waals surface area contributed by atoms with Crippen LogP contribution in [0.1, 0.15) is 25.5 Å². The van der Waals surface area contributed by atoms with Crippen LogP contribution < -0.4 is 4.90 Å². The maximum Gasteiger partial charge on any atom is 0.230 e. The lowest BCUT2D eigenvalue weighted by Gasteiger charge is -2.20. The highest BCUT2D eigenvalue weighted by Gasteiger charge is 2.29. The fourth-order valence-electron chi connectivity index (χ4n) is 2.68. The first-order valence-electron chi connectivity index (χ1n) is 7.94. The molecule has 1 N–H and O–H groups in total. The van der Waals surface area contributed by atoms with Crippen molar-refractivity contribution in [3.05, 3.63) is 41.2 Å². The molecule has 1 saturated carbocycles. The smallest absolute Gasteiger partial charge is 0.230 e. The van der Waals surface area contributed by atoms with Crippen LogP contribution in [0.4, 0.5) is 15.2 Å². The summed E-state index contributed by atoms with van der Waals surface area (Å²) in [5, 5.41) is 11.5. The molecule has 0 spiro atoms. The second-order valence-electron chi connectivity index (χ2n) is 5.85. The van der Waals surface area contributed by atoms with Gasteiger partial charge in [-0.05, 0) is 25.0 Å². The summed E-state index contributed by atoms with van der Waals surface area (Å²) >= 11 is 1.32. The fourth-order valence-corrected chi connectivity index (χ4v) is 3.55. The highest BCUT2D eigenvalue weighted by molar-refractivity contribution is 7.14. The molecule has 1 amide bonds. The predicted octanol–water partition coefficient (Wildman–Crippen LogP) is 2.92. The van der Waals surface area contributed by atoms with Crippen molar-refractivity contribution in [1.82, 2.24) is 9.88 Å². The highest BCUT2D eigenvalue weighted by Crippen LogP contribution is 2.32. The third-order valence-electron chi connectivity index (χ3n) is 3.95. The van der Waals surface area contributed by atoms with Crippen LogP contribution in [0.25, 0.3) is 0 Å². The summed E-state index contributed by atoms with van der Waals surface area (Å²) in [6.45, 7) is 2.75. The average molecular weight is 349 g/mol. The van der Waals surface area contributed by atoms with E-state index in [1.54, 1.807) is 18.2 Å². The zero-order valence-electron chi connectivity index (χ0n) is 13.5. The number of rotatable bonds is 7. The van der Waals surface area contributed by atoms with E-state index in [0.717, 1.165) is 18.5 Å². The maximum absolute atomic E-state index is 14.1. The van der Waals surface area contributed by atoms with Crippen LogP contribution in [0.5, 0.6) is 0 Å². The maximum atomic E-state index is 14.1. The van der Waals surface area contributed by atoms with Gasteiger partial charge in [0.25, 0.3) is 0 Å². The number of anilines is 2. The molecule has 24 heavy (non-hydrogen) atoms. The zero-order chi connectivity index (χ0) is 17.1. The predicted molar refractivity (Wildman–Crippen MR) is 91.9 cm³/mol. The van der Waals surface area contributed by atoms with Crippen molar-refractivity contribution >= 4 is 28.1 Å². The topological polar surface area (TPSA) is 56.7 Å². The van der Waals surface area contributed by atoms with Crippen molar-refractivity contribution in [2.75, 3.05) is 18.1 Å². The van der Waals surface area contributed by atoms with Gasteiger partial charge < -0.3 is 5.11 Å².